The molecule has 45 heavy (non-hydrogen) atoms. The van der Waals surface area contributed by atoms with Crippen molar-refractivity contribution < 1.29 is 38.6 Å². The number of aliphatic carboxylic acids is 1. The van der Waals surface area contributed by atoms with Gasteiger partial charge in [0.15, 0.2) is 0 Å². The number of carbonyl (C=O) groups excluding carboxylic acids is 5. The number of aromatic amines is 1. The smallest absolute Gasteiger partial charge is 0.326 e. The van der Waals surface area contributed by atoms with Crippen LogP contribution in [0.25, 0.3) is 10.9 Å². The zero-order valence-corrected chi connectivity index (χ0v) is 25.0. The fraction of sp³-hybridized carbons (Fsp3) is 0.548. The fourth-order valence-corrected chi connectivity index (χ4v) is 6.19. The zero-order chi connectivity index (χ0) is 31.9. The van der Waals surface area contributed by atoms with Crippen molar-refractivity contribution in [3.05, 3.63) is 36.0 Å². The number of aromatic nitrogens is 1. The molecule has 0 saturated carbocycles. The summed E-state index contributed by atoms with van der Waals surface area (Å²) in [5.74, 6) is -3.77. The average Bonchev–Trinajstić information content (AvgIpc) is 3.68. The summed E-state index contributed by atoms with van der Waals surface area (Å²) in [6.07, 6.45) is 3.98. The Balaban J connectivity index is 1.38. The van der Waals surface area contributed by atoms with Crippen LogP contribution in [0, 0.1) is 5.92 Å². The van der Waals surface area contributed by atoms with E-state index in [1.54, 1.807) is 24.4 Å². The van der Waals surface area contributed by atoms with Gasteiger partial charge in [-0.15, -0.1) is 0 Å². The maximum Gasteiger partial charge on any atom is 0.326 e. The summed E-state index contributed by atoms with van der Waals surface area (Å²) >= 11 is 0. The van der Waals surface area contributed by atoms with E-state index in [9.17, 15) is 33.9 Å². The number of carboxylic acids is 1. The van der Waals surface area contributed by atoms with Crippen LogP contribution in [0.3, 0.4) is 0 Å². The lowest BCUT2D eigenvalue weighted by Crippen LogP contribution is -2.56. The summed E-state index contributed by atoms with van der Waals surface area (Å²) in [7, 11) is 0. The van der Waals surface area contributed by atoms with E-state index in [4.69, 9.17) is 4.74 Å². The van der Waals surface area contributed by atoms with Crippen molar-refractivity contribution in [3.8, 4) is 0 Å². The molecular weight excluding hydrogens is 584 g/mol. The third kappa shape index (κ3) is 7.98. The van der Waals surface area contributed by atoms with Crippen LogP contribution in [-0.4, -0.2) is 101 Å². The Morgan fingerprint density at radius 3 is 2.56 bits per heavy atom. The molecule has 3 saturated heterocycles. The van der Waals surface area contributed by atoms with Gasteiger partial charge in [-0.05, 0) is 69.2 Å². The summed E-state index contributed by atoms with van der Waals surface area (Å²) in [5, 5.41) is 21.7. The van der Waals surface area contributed by atoms with Gasteiger partial charge in [0.25, 0.3) is 5.91 Å². The van der Waals surface area contributed by atoms with Gasteiger partial charge < -0.3 is 41.0 Å². The monoisotopic (exact) mass is 624 g/mol. The Labute approximate surface area is 260 Å². The topological polar surface area (TPSA) is 199 Å². The van der Waals surface area contributed by atoms with Crippen LogP contribution in [-0.2, 0) is 28.7 Å². The molecule has 1 aromatic carbocycles. The van der Waals surface area contributed by atoms with E-state index >= 15 is 0 Å². The van der Waals surface area contributed by atoms with Crippen LogP contribution >= 0.6 is 0 Å². The number of benzene rings is 1. The molecule has 3 aliphatic rings. The van der Waals surface area contributed by atoms with E-state index < -0.39 is 42.0 Å². The molecule has 3 aliphatic heterocycles. The molecule has 0 radical (unpaired) electrons. The summed E-state index contributed by atoms with van der Waals surface area (Å²) < 4.78 is 5.37. The summed E-state index contributed by atoms with van der Waals surface area (Å²) in [6.45, 7) is 1.23. The predicted octanol–water partition coefficient (Wildman–Crippen LogP) is 0.428. The van der Waals surface area contributed by atoms with Gasteiger partial charge in [-0.1, -0.05) is 0 Å². The summed E-state index contributed by atoms with van der Waals surface area (Å²) in [6, 6.07) is 3.04. The van der Waals surface area contributed by atoms with E-state index in [1.165, 1.54) is 4.90 Å². The minimum atomic E-state index is -1.35. The lowest BCUT2D eigenvalue weighted by molar-refractivity contribution is -0.145. The predicted molar refractivity (Wildman–Crippen MR) is 161 cm³/mol. The molecule has 0 unspecified atom stereocenters. The van der Waals surface area contributed by atoms with E-state index in [0.29, 0.717) is 51.0 Å². The number of nitrogens with zero attached hydrogens (tertiary/aromatic N) is 1. The van der Waals surface area contributed by atoms with Crippen molar-refractivity contribution in [2.24, 2.45) is 5.92 Å². The number of nitrogens with one attached hydrogen (secondary N) is 5. The van der Waals surface area contributed by atoms with Gasteiger partial charge in [-0.2, -0.15) is 0 Å². The second kappa shape index (κ2) is 14.5. The van der Waals surface area contributed by atoms with Gasteiger partial charge in [0, 0.05) is 67.3 Å². The number of ether oxygens (including phenoxy) is 1. The molecule has 242 valence electrons. The number of rotatable bonds is 5. The molecule has 0 spiro atoms. The number of amides is 5. The number of hydrogen-bond acceptors (Lipinski definition) is 7. The Hall–Kier alpha value is -4.46. The molecule has 0 bridgehead atoms. The third-order valence-electron chi connectivity index (χ3n) is 8.76. The number of H-pyrrole nitrogens is 1. The van der Waals surface area contributed by atoms with E-state index in [0.717, 1.165) is 10.9 Å². The highest BCUT2D eigenvalue weighted by atomic mass is 16.5. The molecule has 3 fully saturated rings. The molecule has 14 nitrogen and oxygen atoms in total. The van der Waals surface area contributed by atoms with Crippen molar-refractivity contribution in [2.75, 3.05) is 26.3 Å². The maximum atomic E-state index is 14.1. The first-order chi connectivity index (χ1) is 21.7. The minimum Gasteiger partial charge on any atom is -0.480 e. The summed E-state index contributed by atoms with van der Waals surface area (Å²) in [4.78, 5) is 82.8. The highest BCUT2D eigenvalue weighted by molar-refractivity contribution is 5.99. The molecule has 6 N–H and O–H groups in total. The summed E-state index contributed by atoms with van der Waals surface area (Å²) in [5.41, 5.74) is 1.29. The lowest BCUT2D eigenvalue weighted by atomic mass is 9.98. The Morgan fingerprint density at radius 2 is 1.78 bits per heavy atom. The quantitative estimate of drug-likeness (QED) is 0.275. The normalized spacial score (nSPS) is 25.8. The highest BCUT2D eigenvalue weighted by Gasteiger charge is 2.43. The molecule has 14 heteroatoms. The minimum absolute atomic E-state index is 0.00349. The second-order valence-corrected chi connectivity index (χ2v) is 11.9. The maximum absolute atomic E-state index is 14.1. The van der Waals surface area contributed by atoms with Crippen LogP contribution in [0.2, 0.25) is 0 Å². The van der Waals surface area contributed by atoms with Gasteiger partial charge in [0.1, 0.15) is 18.1 Å². The molecular formula is C31H40N6O8. The van der Waals surface area contributed by atoms with Crippen molar-refractivity contribution in [3.63, 3.8) is 0 Å². The Kier molecular flexibility index (Phi) is 10.3. The number of hydrogen-bond donors (Lipinski definition) is 6. The van der Waals surface area contributed by atoms with Crippen LogP contribution in [0.15, 0.2) is 30.5 Å². The highest BCUT2D eigenvalue weighted by Crippen LogP contribution is 2.23. The zero-order valence-electron chi connectivity index (χ0n) is 25.0. The number of fused-ring (bicyclic) bond motifs is 2. The molecule has 4 heterocycles. The Bertz CT molecular complexity index is 1440. The molecule has 0 aliphatic carbocycles. The first kappa shape index (κ1) is 31.9. The van der Waals surface area contributed by atoms with Crippen molar-refractivity contribution in [2.45, 2.75) is 75.5 Å². The van der Waals surface area contributed by atoms with Crippen molar-refractivity contribution >= 4 is 46.4 Å². The SMILES string of the molecule is O=C1CC[C@@H](C(=O)O)NC(=O)[C@@H]2C[C@@H](NC(=O)c3ccc4[nH]ccc4c3)CN2C(=O)[C@@H](NC(=O)C2CCOCC2)CCCCN1. The van der Waals surface area contributed by atoms with Crippen LogP contribution in [0.1, 0.15) is 61.7 Å². The van der Waals surface area contributed by atoms with E-state index in [1.807, 2.05) is 6.07 Å². The number of carbonyl (C=O) groups is 6. The molecule has 5 amide bonds. The van der Waals surface area contributed by atoms with Crippen molar-refractivity contribution in [1.29, 1.82) is 0 Å². The van der Waals surface area contributed by atoms with Gasteiger partial charge in [0.05, 0.1) is 0 Å². The van der Waals surface area contributed by atoms with Crippen LogP contribution in [0.4, 0.5) is 0 Å². The van der Waals surface area contributed by atoms with Crippen LogP contribution in [0.5, 0.6) is 0 Å². The van der Waals surface area contributed by atoms with Gasteiger partial charge in [-0.3, -0.25) is 24.0 Å². The van der Waals surface area contributed by atoms with Crippen LogP contribution < -0.4 is 21.3 Å². The first-order valence-electron chi connectivity index (χ1n) is 15.6. The number of carboxylic acid groups (broad SMARTS) is 1. The fourth-order valence-electron chi connectivity index (χ4n) is 6.19. The molecule has 5 rings (SSSR count). The average molecular weight is 625 g/mol. The standard InChI is InChI=1S/C31H40N6O8/c38-26-7-6-24(31(43)44)36-29(41)25-16-21(34-28(40)20-4-5-22-19(15-20)8-12-32-22)17-37(25)30(42)23(3-1-2-11-33-26)35-27(39)18-9-13-45-14-10-18/h4-5,8,12,15,18,21,23-25,32H,1-3,6-7,9-11,13-14,16-17H2,(H,33,38)(H,34,40)(H,35,39)(H,36,41)(H,43,44)/t21-,23+,24+,25+/m1/s1. The second-order valence-electron chi connectivity index (χ2n) is 11.9. The largest absolute Gasteiger partial charge is 0.480 e. The Morgan fingerprint density at radius 1 is 0.978 bits per heavy atom. The molecule has 1 aromatic heterocycles. The first-order valence-corrected chi connectivity index (χ1v) is 15.6. The van der Waals surface area contributed by atoms with Gasteiger partial charge in [-0.25, -0.2) is 4.79 Å². The molecule has 4 atom stereocenters. The van der Waals surface area contributed by atoms with Crippen molar-refractivity contribution in [1.82, 2.24) is 31.2 Å². The third-order valence-corrected chi connectivity index (χ3v) is 8.76. The van der Waals surface area contributed by atoms with Gasteiger partial charge in [0.2, 0.25) is 23.6 Å². The van der Waals surface area contributed by atoms with E-state index in [-0.39, 0.29) is 55.9 Å². The van der Waals surface area contributed by atoms with Gasteiger partial charge >= 0.3 is 5.97 Å². The van der Waals surface area contributed by atoms with E-state index in [2.05, 4.69) is 26.3 Å². The lowest BCUT2D eigenvalue weighted by Gasteiger charge is -2.30. The molecule has 2 aromatic rings.